The van der Waals surface area contributed by atoms with Crippen molar-refractivity contribution in [2.45, 2.75) is 45.4 Å². The van der Waals surface area contributed by atoms with Crippen LogP contribution in [0, 0.1) is 5.92 Å². The molecule has 0 aliphatic heterocycles. The van der Waals surface area contributed by atoms with Crippen molar-refractivity contribution in [2.75, 3.05) is 5.32 Å². The fraction of sp³-hybridized carbons (Fsp3) is 0.348. The normalized spacial score (nSPS) is 15.1. The van der Waals surface area contributed by atoms with E-state index >= 15 is 0 Å². The average Bonchev–Trinajstić information content (AvgIpc) is 2.73. The van der Waals surface area contributed by atoms with E-state index < -0.39 is 0 Å². The van der Waals surface area contributed by atoms with Gasteiger partial charge in [0.1, 0.15) is 0 Å². The lowest BCUT2D eigenvalue weighted by molar-refractivity contribution is -0.126. The molecule has 1 saturated carbocycles. The van der Waals surface area contributed by atoms with E-state index in [2.05, 4.69) is 15.8 Å². The molecule has 5 heteroatoms. The summed E-state index contributed by atoms with van der Waals surface area (Å²) in [5.74, 6) is -0.137. The van der Waals surface area contributed by atoms with Gasteiger partial charge in [-0.1, -0.05) is 67.8 Å². The van der Waals surface area contributed by atoms with Crippen LogP contribution < -0.4 is 10.7 Å². The van der Waals surface area contributed by atoms with Gasteiger partial charge < -0.3 is 5.32 Å². The molecule has 0 aromatic heterocycles. The van der Waals surface area contributed by atoms with Crippen molar-refractivity contribution in [1.29, 1.82) is 0 Å². The number of hydrogen-bond acceptors (Lipinski definition) is 3. The number of amides is 2. The van der Waals surface area contributed by atoms with Crippen LogP contribution in [0.4, 0.5) is 5.69 Å². The smallest absolute Gasteiger partial charge is 0.243 e. The second kappa shape index (κ2) is 9.83. The van der Waals surface area contributed by atoms with E-state index in [1.54, 1.807) is 6.92 Å². The summed E-state index contributed by atoms with van der Waals surface area (Å²) in [6, 6.07) is 17.6. The van der Waals surface area contributed by atoms with Gasteiger partial charge in [0.05, 0.1) is 6.42 Å². The van der Waals surface area contributed by atoms with Crippen LogP contribution in [0.5, 0.6) is 0 Å². The highest BCUT2D eigenvalue weighted by molar-refractivity contribution is 6.07. The molecule has 2 N–H and O–H groups in total. The SMILES string of the molecule is C/C(CC(=O)Nc1ccccc1-c1ccccc1)=N\NC(=O)C1CCCCC1. The third kappa shape index (κ3) is 5.52. The Kier molecular flexibility index (Phi) is 6.95. The molecular formula is C23H27N3O2. The molecule has 146 valence electrons. The number of rotatable bonds is 6. The summed E-state index contributed by atoms with van der Waals surface area (Å²) in [5.41, 5.74) is 5.99. The molecule has 3 rings (SSSR count). The van der Waals surface area contributed by atoms with Crippen molar-refractivity contribution < 1.29 is 9.59 Å². The molecule has 2 aromatic carbocycles. The van der Waals surface area contributed by atoms with Gasteiger partial charge in [0.25, 0.3) is 0 Å². The Balaban J connectivity index is 1.57. The van der Waals surface area contributed by atoms with Crippen molar-refractivity contribution in [1.82, 2.24) is 5.43 Å². The van der Waals surface area contributed by atoms with Crippen molar-refractivity contribution >= 4 is 23.2 Å². The minimum atomic E-state index is -0.156. The lowest BCUT2D eigenvalue weighted by atomic mass is 9.89. The Morgan fingerprint density at radius 2 is 1.64 bits per heavy atom. The molecule has 0 unspecified atom stereocenters. The number of para-hydroxylation sites is 1. The molecule has 0 radical (unpaired) electrons. The molecule has 5 nitrogen and oxygen atoms in total. The number of hydrazone groups is 1. The summed E-state index contributed by atoms with van der Waals surface area (Å²) < 4.78 is 0. The summed E-state index contributed by atoms with van der Waals surface area (Å²) in [5, 5.41) is 7.08. The highest BCUT2D eigenvalue weighted by atomic mass is 16.2. The van der Waals surface area contributed by atoms with Gasteiger partial charge in [-0.15, -0.1) is 0 Å². The molecular weight excluding hydrogens is 350 g/mol. The summed E-state index contributed by atoms with van der Waals surface area (Å²) in [6.07, 6.45) is 5.40. The number of carbonyl (C=O) groups excluding carboxylic acids is 2. The second-order valence-corrected chi connectivity index (χ2v) is 7.29. The van der Waals surface area contributed by atoms with Gasteiger partial charge >= 0.3 is 0 Å². The molecule has 1 fully saturated rings. The number of carbonyl (C=O) groups is 2. The maximum absolute atomic E-state index is 12.4. The minimum Gasteiger partial charge on any atom is -0.325 e. The molecule has 0 saturated heterocycles. The molecule has 0 atom stereocenters. The number of nitrogens with one attached hydrogen (secondary N) is 2. The van der Waals surface area contributed by atoms with E-state index in [1.165, 1.54) is 6.42 Å². The quantitative estimate of drug-likeness (QED) is 0.563. The Hall–Kier alpha value is -2.95. The first-order chi connectivity index (χ1) is 13.6. The summed E-state index contributed by atoms with van der Waals surface area (Å²) in [7, 11) is 0. The highest BCUT2D eigenvalue weighted by Crippen LogP contribution is 2.27. The molecule has 0 spiro atoms. The van der Waals surface area contributed by atoms with Crippen LogP contribution in [0.3, 0.4) is 0 Å². The molecule has 0 heterocycles. The van der Waals surface area contributed by atoms with E-state index in [1.807, 2.05) is 54.6 Å². The Morgan fingerprint density at radius 3 is 2.39 bits per heavy atom. The molecule has 1 aliphatic rings. The average molecular weight is 377 g/mol. The van der Waals surface area contributed by atoms with Crippen molar-refractivity contribution in [3.8, 4) is 11.1 Å². The van der Waals surface area contributed by atoms with Gasteiger partial charge in [-0.2, -0.15) is 5.10 Å². The zero-order valence-corrected chi connectivity index (χ0v) is 16.3. The van der Waals surface area contributed by atoms with Crippen LogP contribution in [0.15, 0.2) is 59.7 Å². The first-order valence-corrected chi connectivity index (χ1v) is 9.91. The largest absolute Gasteiger partial charge is 0.325 e. The molecule has 2 amide bonds. The van der Waals surface area contributed by atoms with E-state index in [-0.39, 0.29) is 24.2 Å². The standard InChI is InChI=1S/C23H27N3O2/c1-17(25-26-23(28)19-12-6-3-7-13-19)16-22(27)24-21-15-9-8-14-20(21)18-10-4-2-5-11-18/h2,4-5,8-11,14-15,19H,3,6-7,12-13,16H2,1H3,(H,24,27)(H,26,28)/b25-17+. The first kappa shape index (κ1) is 19.8. The highest BCUT2D eigenvalue weighted by Gasteiger charge is 2.20. The van der Waals surface area contributed by atoms with Crippen LogP contribution in [-0.4, -0.2) is 17.5 Å². The van der Waals surface area contributed by atoms with Crippen LogP contribution in [0.25, 0.3) is 11.1 Å². The minimum absolute atomic E-state index is 0.0334. The second-order valence-electron chi connectivity index (χ2n) is 7.29. The predicted molar refractivity (Wildman–Crippen MR) is 113 cm³/mol. The molecule has 1 aliphatic carbocycles. The van der Waals surface area contributed by atoms with Crippen LogP contribution >= 0.6 is 0 Å². The molecule has 0 bridgehead atoms. The number of benzene rings is 2. The molecule has 2 aromatic rings. The fourth-order valence-corrected chi connectivity index (χ4v) is 3.53. The van der Waals surface area contributed by atoms with E-state index in [0.29, 0.717) is 5.71 Å². The van der Waals surface area contributed by atoms with Gasteiger partial charge in [-0.25, -0.2) is 5.43 Å². The van der Waals surface area contributed by atoms with Gasteiger partial charge in [0, 0.05) is 22.9 Å². The van der Waals surface area contributed by atoms with Crippen LogP contribution in [-0.2, 0) is 9.59 Å². The summed E-state index contributed by atoms with van der Waals surface area (Å²) in [4.78, 5) is 24.6. The van der Waals surface area contributed by atoms with Crippen LogP contribution in [0.2, 0.25) is 0 Å². The van der Waals surface area contributed by atoms with E-state index in [9.17, 15) is 9.59 Å². The van der Waals surface area contributed by atoms with Crippen molar-refractivity contribution in [3.63, 3.8) is 0 Å². The lowest BCUT2D eigenvalue weighted by Gasteiger charge is -2.19. The Bertz CT molecular complexity index is 840. The monoisotopic (exact) mass is 377 g/mol. The van der Waals surface area contributed by atoms with Crippen molar-refractivity contribution in [3.05, 3.63) is 54.6 Å². The summed E-state index contributed by atoms with van der Waals surface area (Å²) >= 11 is 0. The van der Waals surface area contributed by atoms with E-state index in [0.717, 1.165) is 42.5 Å². The van der Waals surface area contributed by atoms with Crippen molar-refractivity contribution in [2.24, 2.45) is 11.0 Å². The van der Waals surface area contributed by atoms with Gasteiger partial charge in [-0.05, 0) is 31.4 Å². The summed E-state index contributed by atoms with van der Waals surface area (Å²) in [6.45, 7) is 1.75. The van der Waals surface area contributed by atoms with Gasteiger partial charge in [0.2, 0.25) is 11.8 Å². The number of hydrogen-bond donors (Lipinski definition) is 2. The van der Waals surface area contributed by atoms with E-state index in [4.69, 9.17) is 0 Å². The maximum atomic E-state index is 12.4. The molecule has 28 heavy (non-hydrogen) atoms. The predicted octanol–water partition coefficient (Wildman–Crippen LogP) is 4.75. The van der Waals surface area contributed by atoms with Crippen LogP contribution in [0.1, 0.15) is 45.4 Å². The number of nitrogens with zero attached hydrogens (tertiary/aromatic N) is 1. The first-order valence-electron chi connectivity index (χ1n) is 9.91. The Morgan fingerprint density at radius 1 is 0.964 bits per heavy atom. The third-order valence-electron chi connectivity index (χ3n) is 5.04. The van der Waals surface area contributed by atoms with Gasteiger partial charge in [-0.3, -0.25) is 9.59 Å². The third-order valence-corrected chi connectivity index (χ3v) is 5.04. The van der Waals surface area contributed by atoms with Gasteiger partial charge in [0.15, 0.2) is 0 Å². The maximum Gasteiger partial charge on any atom is 0.243 e. The Labute approximate surface area is 166 Å². The fourth-order valence-electron chi connectivity index (χ4n) is 3.53. The lowest BCUT2D eigenvalue weighted by Crippen LogP contribution is -2.29. The number of anilines is 1. The zero-order valence-electron chi connectivity index (χ0n) is 16.3. The topological polar surface area (TPSA) is 70.6 Å². The zero-order chi connectivity index (χ0) is 19.8.